The third-order valence-corrected chi connectivity index (χ3v) is 2.82. The summed E-state index contributed by atoms with van der Waals surface area (Å²) < 4.78 is 6.80. The number of rotatable bonds is 8. The van der Waals surface area contributed by atoms with E-state index in [1.165, 1.54) is 0 Å². The molecule has 2 aromatic rings. The van der Waals surface area contributed by atoms with Crippen LogP contribution < -0.4 is 10.6 Å². The van der Waals surface area contributed by atoms with Crippen LogP contribution in [0.1, 0.15) is 20.3 Å². The van der Waals surface area contributed by atoms with Crippen molar-refractivity contribution >= 4 is 11.9 Å². The highest BCUT2D eigenvalue weighted by atomic mass is 16.5. The van der Waals surface area contributed by atoms with Crippen molar-refractivity contribution in [3.63, 3.8) is 0 Å². The van der Waals surface area contributed by atoms with Gasteiger partial charge in [0.1, 0.15) is 0 Å². The molecule has 2 aromatic heterocycles. The second kappa shape index (κ2) is 7.53. The van der Waals surface area contributed by atoms with Gasteiger partial charge in [-0.05, 0) is 19.4 Å². The van der Waals surface area contributed by atoms with Crippen LogP contribution in [-0.4, -0.2) is 51.0 Å². The average Bonchev–Trinajstić information content (AvgIpc) is 3.04. The van der Waals surface area contributed by atoms with E-state index in [1.807, 2.05) is 13.0 Å². The summed E-state index contributed by atoms with van der Waals surface area (Å²) in [6.45, 7) is 5.48. The largest absolute Gasteiger partial charge is 0.380 e. The van der Waals surface area contributed by atoms with Crippen LogP contribution in [0.25, 0.3) is 5.95 Å². The Hall–Kier alpha value is -2.22. The highest BCUT2D eigenvalue weighted by molar-refractivity contribution is 5.37. The molecular formula is C13H21N7O. The van der Waals surface area contributed by atoms with E-state index in [0.29, 0.717) is 24.4 Å². The summed E-state index contributed by atoms with van der Waals surface area (Å²) in [6, 6.07) is 1.82. The van der Waals surface area contributed by atoms with Gasteiger partial charge in [0.25, 0.3) is 5.95 Å². The molecule has 2 rings (SSSR count). The summed E-state index contributed by atoms with van der Waals surface area (Å²) in [5.41, 5.74) is 0. The van der Waals surface area contributed by atoms with E-state index in [1.54, 1.807) is 24.2 Å². The van der Waals surface area contributed by atoms with E-state index < -0.39 is 0 Å². The Bertz CT molecular complexity index is 543. The zero-order chi connectivity index (χ0) is 15.1. The number of nitrogens with zero attached hydrogens (tertiary/aromatic N) is 5. The molecule has 2 N–H and O–H groups in total. The summed E-state index contributed by atoms with van der Waals surface area (Å²) in [5, 5.41) is 10.5. The van der Waals surface area contributed by atoms with E-state index in [-0.39, 0.29) is 6.10 Å². The molecule has 0 aromatic carbocycles. The van der Waals surface area contributed by atoms with Crippen molar-refractivity contribution in [2.75, 3.05) is 30.8 Å². The van der Waals surface area contributed by atoms with Crippen molar-refractivity contribution in [1.82, 2.24) is 24.7 Å². The van der Waals surface area contributed by atoms with Crippen LogP contribution in [-0.2, 0) is 4.74 Å². The van der Waals surface area contributed by atoms with E-state index in [4.69, 9.17) is 4.74 Å². The Kier molecular flexibility index (Phi) is 5.44. The van der Waals surface area contributed by atoms with Gasteiger partial charge in [0.15, 0.2) is 0 Å². The Balaban J connectivity index is 2.20. The number of aromatic nitrogens is 5. The zero-order valence-electron chi connectivity index (χ0n) is 12.6. The first kappa shape index (κ1) is 15.2. The lowest BCUT2D eigenvalue weighted by Gasteiger charge is -2.12. The van der Waals surface area contributed by atoms with Crippen molar-refractivity contribution in [3.05, 3.63) is 18.5 Å². The highest BCUT2D eigenvalue weighted by Gasteiger charge is 2.09. The smallest absolute Gasteiger partial charge is 0.257 e. The van der Waals surface area contributed by atoms with E-state index in [9.17, 15) is 0 Å². The quantitative estimate of drug-likeness (QED) is 0.758. The molecule has 0 aliphatic carbocycles. The van der Waals surface area contributed by atoms with Gasteiger partial charge in [-0.3, -0.25) is 0 Å². The van der Waals surface area contributed by atoms with E-state index >= 15 is 0 Å². The maximum atomic E-state index is 5.20. The Morgan fingerprint density at radius 2 is 2.00 bits per heavy atom. The lowest BCUT2D eigenvalue weighted by atomic mass is 10.4. The van der Waals surface area contributed by atoms with Crippen LogP contribution in [0.2, 0.25) is 0 Å². The molecule has 0 bridgehead atoms. The van der Waals surface area contributed by atoms with Gasteiger partial charge in [-0.15, -0.1) is 0 Å². The monoisotopic (exact) mass is 291 g/mol. The topological polar surface area (TPSA) is 89.8 Å². The second-order valence-electron chi connectivity index (χ2n) is 4.59. The van der Waals surface area contributed by atoms with Crippen LogP contribution >= 0.6 is 0 Å². The highest BCUT2D eigenvalue weighted by Crippen LogP contribution is 2.09. The zero-order valence-corrected chi connectivity index (χ0v) is 12.6. The van der Waals surface area contributed by atoms with E-state index in [2.05, 4.69) is 37.6 Å². The first-order valence-electron chi connectivity index (χ1n) is 6.99. The minimum absolute atomic E-state index is 0.0713. The number of nitrogens with one attached hydrogen (secondary N) is 2. The molecule has 0 fully saturated rings. The number of ether oxygens (including phenoxy) is 1. The maximum Gasteiger partial charge on any atom is 0.257 e. The Labute approximate surface area is 124 Å². The van der Waals surface area contributed by atoms with Gasteiger partial charge < -0.3 is 15.4 Å². The van der Waals surface area contributed by atoms with Crippen molar-refractivity contribution in [3.8, 4) is 5.95 Å². The van der Waals surface area contributed by atoms with Gasteiger partial charge in [-0.25, -0.2) is 4.68 Å². The lowest BCUT2D eigenvalue weighted by molar-refractivity contribution is 0.128. The molecule has 0 aliphatic heterocycles. The van der Waals surface area contributed by atoms with Gasteiger partial charge in [-0.1, -0.05) is 6.92 Å². The van der Waals surface area contributed by atoms with Gasteiger partial charge in [-0.2, -0.15) is 20.1 Å². The molecule has 21 heavy (non-hydrogen) atoms. The minimum atomic E-state index is 0.0713. The molecule has 0 spiro atoms. The van der Waals surface area contributed by atoms with Crippen LogP contribution in [0.4, 0.5) is 11.9 Å². The number of hydrogen-bond donors (Lipinski definition) is 2. The van der Waals surface area contributed by atoms with Gasteiger partial charge in [0.05, 0.1) is 6.10 Å². The molecule has 0 amide bonds. The summed E-state index contributed by atoms with van der Waals surface area (Å²) >= 11 is 0. The van der Waals surface area contributed by atoms with Crippen molar-refractivity contribution < 1.29 is 4.74 Å². The number of methoxy groups -OCH3 is 1. The van der Waals surface area contributed by atoms with Gasteiger partial charge in [0, 0.05) is 32.6 Å². The molecule has 0 saturated heterocycles. The van der Waals surface area contributed by atoms with Crippen LogP contribution in [0.5, 0.6) is 0 Å². The fourth-order valence-electron chi connectivity index (χ4n) is 1.57. The predicted octanol–water partition coefficient (Wildman–Crippen LogP) is 1.33. The SMILES string of the molecule is CCCNc1nc(NCC(C)OC)nc(-n2cccn2)n1. The average molecular weight is 291 g/mol. The summed E-state index contributed by atoms with van der Waals surface area (Å²) in [5.74, 6) is 1.50. The lowest BCUT2D eigenvalue weighted by Crippen LogP contribution is -2.20. The first-order chi connectivity index (χ1) is 10.2. The molecule has 0 saturated carbocycles. The maximum absolute atomic E-state index is 5.20. The third kappa shape index (κ3) is 4.38. The second-order valence-corrected chi connectivity index (χ2v) is 4.59. The molecule has 1 atom stereocenters. The molecular weight excluding hydrogens is 270 g/mol. The minimum Gasteiger partial charge on any atom is -0.380 e. The Morgan fingerprint density at radius 3 is 2.62 bits per heavy atom. The fraction of sp³-hybridized carbons (Fsp3) is 0.538. The third-order valence-electron chi connectivity index (χ3n) is 2.82. The fourth-order valence-corrected chi connectivity index (χ4v) is 1.57. The summed E-state index contributed by atoms with van der Waals surface area (Å²) in [4.78, 5) is 13.1. The Morgan fingerprint density at radius 1 is 1.24 bits per heavy atom. The molecule has 8 heteroatoms. The van der Waals surface area contributed by atoms with E-state index in [0.717, 1.165) is 13.0 Å². The van der Waals surface area contributed by atoms with Crippen LogP contribution in [0.15, 0.2) is 18.5 Å². The predicted molar refractivity (Wildman–Crippen MR) is 80.7 cm³/mol. The van der Waals surface area contributed by atoms with Crippen molar-refractivity contribution in [1.29, 1.82) is 0 Å². The number of hydrogen-bond acceptors (Lipinski definition) is 7. The van der Waals surface area contributed by atoms with Crippen molar-refractivity contribution in [2.45, 2.75) is 26.4 Å². The standard InChI is InChI=1S/C13H21N7O/c1-4-6-14-11-17-12(15-9-10(2)21-3)19-13(18-11)20-8-5-7-16-20/h5,7-8,10H,4,6,9H2,1-3H3,(H2,14,15,17,18,19). The molecule has 2 heterocycles. The molecule has 8 nitrogen and oxygen atoms in total. The first-order valence-corrected chi connectivity index (χ1v) is 6.99. The normalized spacial score (nSPS) is 12.1. The summed E-state index contributed by atoms with van der Waals surface area (Å²) in [7, 11) is 1.67. The number of anilines is 2. The molecule has 1 unspecified atom stereocenters. The van der Waals surface area contributed by atoms with Gasteiger partial charge >= 0.3 is 0 Å². The van der Waals surface area contributed by atoms with Crippen LogP contribution in [0.3, 0.4) is 0 Å². The van der Waals surface area contributed by atoms with Crippen LogP contribution in [0, 0.1) is 0 Å². The molecule has 0 radical (unpaired) electrons. The molecule has 114 valence electrons. The van der Waals surface area contributed by atoms with Crippen molar-refractivity contribution in [2.24, 2.45) is 0 Å². The van der Waals surface area contributed by atoms with Gasteiger partial charge in [0.2, 0.25) is 11.9 Å². The molecule has 0 aliphatic rings. The summed E-state index contributed by atoms with van der Waals surface area (Å²) in [6.07, 6.45) is 4.54.